The smallest absolute Gasteiger partial charge is 0.348 e. The van der Waals surface area contributed by atoms with E-state index in [0.717, 1.165) is 4.70 Å². The second-order valence-electron chi connectivity index (χ2n) is 4.40. The standard InChI is InChI=1S/C13H9N3O5S/c1-7-14-12(21-15-7)6-20-13(17)11-5-8-4-9(16(18)19)2-3-10(8)22-11/h2-5H,6H2,1H3. The van der Waals surface area contributed by atoms with Crippen molar-refractivity contribution in [1.82, 2.24) is 10.1 Å². The number of hydrogen-bond acceptors (Lipinski definition) is 8. The third kappa shape index (κ3) is 2.79. The number of benzene rings is 1. The lowest BCUT2D eigenvalue weighted by Gasteiger charge is -1.97. The van der Waals surface area contributed by atoms with Crippen molar-refractivity contribution >= 4 is 33.1 Å². The van der Waals surface area contributed by atoms with Gasteiger partial charge in [0.05, 0.1) is 4.92 Å². The van der Waals surface area contributed by atoms with Gasteiger partial charge in [-0.3, -0.25) is 10.1 Å². The number of aryl methyl sites for hydroxylation is 1. The molecule has 8 nitrogen and oxygen atoms in total. The highest BCUT2D eigenvalue weighted by Crippen LogP contribution is 2.29. The number of fused-ring (bicyclic) bond motifs is 1. The molecule has 0 radical (unpaired) electrons. The summed E-state index contributed by atoms with van der Waals surface area (Å²) in [5, 5.41) is 15.0. The van der Waals surface area contributed by atoms with E-state index in [2.05, 4.69) is 10.1 Å². The molecule has 0 aliphatic heterocycles. The summed E-state index contributed by atoms with van der Waals surface area (Å²) in [6.07, 6.45) is 0. The van der Waals surface area contributed by atoms with Gasteiger partial charge in [0, 0.05) is 22.2 Å². The van der Waals surface area contributed by atoms with Gasteiger partial charge in [-0.1, -0.05) is 5.16 Å². The Morgan fingerprint density at radius 3 is 2.95 bits per heavy atom. The molecule has 0 atom stereocenters. The van der Waals surface area contributed by atoms with E-state index in [1.807, 2.05) is 0 Å². The van der Waals surface area contributed by atoms with Crippen LogP contribution < -0.4 is 0 Å². The van der Waals surface area contributed by atoms with Crippen LogP contribution >= 0.6 is 11.3 Å². The molecule has 0 aliphatic rings. The number of esters is 1. The molecule has 3 aromatic rings. The topological polar surface area (TPSA) is 108 Å². The maximum atomic E-state index is 12.0. The molecule has 1 aromatic carbocycles. The molecule has 0 saturated carbocycles. The minimum atomic E-state index is -0.542. The molecule has 0 N–H and O–H groups in total. The third-order valence-electron chi connectivity index (χ3n) is 2.81. The van der Waals surface area contributed by atoms with Crippen LogP contribution in [0, 0.1) is 17.0 Å². The highest BCUT2D eigenvalue weighted by Gasteiger charge is 2.15. The summed E-state index contributed by atoms with van der Waals surface area (Å²) in [6, 6.07) is 5.99. The van der Waals surface area contributed by atoms with Gasteiger partial charge in [-0.25, -0.2) is 4.79 Å². The van der Waals surface area contributed by atoms with E-state index in [9.17, 15) is 14.9 Å². The number of carbonyl (C=O) groups is 1. The van der Waals surface area contributed by atoms with Gasteiger partial charge in [-0.15, -0.1) is 11.3 Å². The predicted octanol–water partition coefficient (Wildman–Crippen LogP) is 2.86. The average molecular weight is 319 g/mol. The molecule has 22 heavy (non-hydrogen) atoms. The van der Waals surface area contributed by atoms with Gasteiger partial charge in [0.2, 0.25) is 0 Å². The van der Waals surface area contributed by atoms with Crippen LogP contribution in [0.2, 0.25) is 0 Å². The summed E-state index contributed by atoms with van der Waals surface area (Å²) in [5.41, 5.74) is -0.0217. The molecular weight excluding hydrogens is 310 g/mol. The highest BCUT2D eigenvalue weighted by molar-refractivity contribution is 7.20. The molecule has 0 spiro atoms. The van der Waals surface area contributed by atoms with Gasteiger partial charge in [0.25, 0.3) is 11.6 Å². The zero-order valence-electron chi connectivity index (χ0n) is 11.3. The number of aromatic nitrogens is 2. The zero-order chi connectivity index (χ0) is 15.7. The molecule has 0 saturated heterocycles. The monoisotopic (exact) mass is 319 g/mol. The summed E-state index contributed by atoms with van der Waals surface area (Å²) >= 11 is 1.20. The number of non-ortho nitro benzene ring substituents is 1. The Hall–Kier alpha value is -2.81. The van der Waals surface area contributed by atoms with Crippen molar-refractivity contribution in [2.24, 2.45) is 0 Å². The lowest BCUT2D eigenvalue weighted by atomic mass is 10.2. The molecule has 9 heteroatoms. The van der Waals surface area contributed by atoms with E-state index in [1.165, 1.54) is 23.5 Å². The van der Waals surface area contributed by atoms with Crippen LogP contribution in [0.25, 0.3) is 10.1 Å². The van der Waals surface area contributed by atoms with Crippen LogP contribution in [0.15, 0.2) is 28.8 Å². The Kier molecular flexibility index (Phi) is 3.55. The van der Waals surface area contributed by atoms with Crippen molar-refractivity contribution in [2.45, 2.75) is 13.5 Å². The maximum absolute atomic E-state index is 12.0. The summed E-state index contributed by atoms with van der Waals surface area (Å²) in [6.45, 7) is 1.54. The van der Waals surface area contributed by atoms with Gasteiger partial charge in [0.1, 0.15) is 4.88 Å². The Labute approximate surface area is 127 Å². The van der Waals surface area contributed by atoms with E-state index < -0.39 is 10.9 Å². The molecule has 0 amide bonds. The van der Waals surface area contributed by atoms with Crippen molar-refractivity contribution in [2.75, 3.05) is 0 Å². The van der Waals surface area contributed by atoms with Crippen molar-refractivity contribution in [1.29, 1.82) is 0 Å². The van der Waals surface area contributed by atoms with Crippen LogP contribution in [0.5, 0.6) is 0 Å². The first kappa shape index (κ1) is 14.1. The largest absolute Gasteiger partial charge is 0.451 e. The molecule has 0 aliphatic carbocycles. The minimum absolute atomic E-state index is 0.0217. The second kappa shape index (κ2) is 5.53. The number of nitro benzene ring substituents is 1. The van der Waals surface area contributed by atoms with Crippen LogP contribution in [0.4, 0.5) is 5.69 Å². The highest BCUT2D eigenvalue weighted by atomic mass is 32.1. The Morgan fingerprint density at radius 1 is 1.45 bits per heavy atom. The fourth-order valence-electron chi connectivity index (χ4n) is 1.84. The quantitative estimate of drug-likeness (QED) is 0.413. The molecular formula is C13H9N3O5S. The number of carbonyl (C=O) groups excluding carboxylic acids is 1. The predicted molar refractivity (Wildman–Crippen MR) is 76.6 cm³/mol. The second-order valence-corrected chi connectivity index (χ2v) is 5.49. The first-order valence-corrected chi connectivity index (χ1v) is 6.99. The number of nitro groups is 1. The Morgan fingerprint density at radius 2 is 2.27 bits per heavy atom. The number of ether oxygens (including phenoxy) is 1. The van der Waals surface area contributed by atoms with E-state index in [1.54, 1.807) is 19.1 Å². The SMILES string of the molecule is Cc1noc(COC(=O)c2cc3cc([N+](=O)[O-])ccc3s2)n1. The lowest BCUT2D eigenvalue weighted by Crippen LogP contribution is -2.03. The summed E-state index contributed by atoms with van der Waals surface area (Å²) in [5.74, 6) is 0.127. The van der Waals surface area contributed by atoms with Crippen molar-refractivity contribution in [3.05, 3.63) is 51.0 Å². The van der Waals surface area contributed by atoms with Gasteiger partial charge >= 0.3 is 5.97 Å². The van der Waals surface area contributed by atoms with Crippen molar-refractivity contribution < 1.29 is 19.0 Å². The minimum Gasteiger partial charge on any atom is -0.451 e. The van der Waals surface area contributed by atoms with E-state index in [-0.39, 0.29) is 18.2 Å². The Bertz CT molecular complexity index is 870. The van der Waals surface area contributed by atoms with Crippen molar-refractivity contribution in [3.63, 3.8) is 0 Å². The van der Waals surface area contributed by atoms with E-state index >= 15 is 0 Å². The maximum Gasteiger partial charge on any atom is 0.348 e. The van der Waals surface area contributed by atoms with E-state index in [4.69, 9.17) is 9.26 Å². The lowest BCUT2D eigenvalue weighted by molar-refractivity contribution is -0.384. The van der Waals surface area contributed by atoms with Gasteiger partial charge in [0.15, 0.2) is 12.4 Å². The van der Waals surface area contributed by atoms with Crippen LogP contribution in [-0.2, 0) is 11.3 Å². The summed E-state index contributed by atoms with van der Waals surface area (Å²) in [4.78, 5) is 26.5. The number of thiophene rings is 1. The fourth-order valence-corrected chi connectivity index (χ4v) is 2.78. The van der Waals surface area contributed by atoms with Crippen LogP contribution in [0.3, 0.4) is 0 Å². The average Bonchev–Trinajstić information content (AvgIpc) is 3.09. The molecule has 0 fully saturated rings. The fraction of sp³-hybridized carbons (Fsp3) is 0.154. The number of hydrogen-bond donors (Lipinski definition) is 0. The summed E-state index contributed by atoms with van der Waals surface area (Å²) < 4.78 is 10.7. The van der Waals surface area contributed by atoms with E-state index in [0.29, 0.717) is 16.1 Å². The van der Waals surface area contributed by atoms with Crippen LogP contribution in [-0.4, -0.2) is 21.0 Å². The van der Waals surface area contributed by atoms with Gasteiger partial charge in [-0.05, 0) is 19.1 Å². The molecule has 3 rings (SSSR count). The Balaban J connectivity index is 1.77. The number of nitrogens with zero attached hydrogens (tertiary/aromatic N) is 3. The summed E-state index contributed by atoms with van der Waals surface area (Å²) in [7, 11) is 0. The van der Waals surface area contributed by atoms with Gasteiger partial charge in [-0.2, -0.15) is 4.98 Å². The number of rotatable bonds is 4. The molecule has 112 valence electrons. The van der Waals surface area contributed by atoms with Gasteiger partial charge < -0.3 is 9.26 Å². The van der Waals surface area contributed by atoms with Crippen molar-refractivity contribution in [3.8, 4) is 0 Å². The molecule has 0 unspecified atom stereocenters. The normalized spacial score (nSPS) is 10.8. The third-order valence-corrected chi connectivity index (χ3v) is 3.90. The molecule has 2 heterocycles. The zero-order valence-corrected chi connectivity index (χ0v) is 12.1. The first-order valence-electron chi connectivity index (χ1n) is 6.17. The molecule has 0 bridgehead atoms. The molecule has 2 aromatic heterocycles. The van der Waals surface area contributed by atoms with Crippen LogP contribution in [0.1, 0.15) is 21.4 Å². The first-order chi connectivity index (χ1) is 10.5.